The Kier molecular flexibility index (Phi) is 5.73. The van der Waals surface area contributed by atoms with Crippen LogP contribution >= 0.6 is 0 Å². The van der Waals surface area contributed by atoms with Crippen molar-refractivity contribution in [1.29, 1.82) is 0 Å². The summed E-state index contributed by atoms with van der Waals surface area (Å²) < 4.78 is 10.5. The lowest BCUT2D eigenvalue weighted by Gasteiger charge is -2.34. The van der Waals surface area contributed by atoms with Gasteiger partial charge >= 0.3 is 0 Å². The minimum Gasteiger partial charge on any atom is -0.497 e. The Morgan fingerprint density at radius 2 is 1.88 bits per heavy atom. The number of piperazine rings is 1. The molecule has 3 rings (SSSR count). The number of hydrogen-bond acceptors (Lipinski definition) is 5. The van der Waals surface area contributed by atoms with E-state index in [0.29, 0.717) is 18.8 Å². The molecule has 0 bridgehead atoms. The number of aromatic nitrogens is 1. The fourth-order valence-electron chi connectivity index (χ4n) is 2.92. The lowest BCUT2D eigenvalue weighted by Crippen LogP contribution is -2.48. The van der Waals surface area contributed by atoms with Crippen molar-refractivity contribution < 1.29 is 14.3 Å². The monoisotopic (exact) mass is 353 g/mol. The van der Waals surface area contributed by atoms with E-state index in [-0.39, 0.29) is 5.91 Å². The van der Waals surface area contributed by atoms with Gasteiger partial charge in [-0.15, -0.1) is 0 Å². The van der Waals surface area contributed by atoms with Gasteiger partial charge in [0.05, 0.1) is 14.2 Å². The molecular formula is C20H23N3O3. The first-order valence-corrected chi connectivity index (χ1v) is 8.56. The summed E-state index contributed by atoms with van der Waals surface area (Å²) in [7, 11) is 3.21. The van der Waals surface area contributed by atoms with E-state index < -0.39 is 0 Å². The van der Waals surface area contributed by atoms with Crippen molar-refractivity contribution in [1.82, 2.24) is 9.88 Å². The summed E-state index contributed by atoms with van der Waals surface area (Å²) in [5.41, 5.74) is 0.841. The van der Waals surface area contributed by atoms with Crippen LogP contribution in [0.2, 0.25) is 0 Å². The third-order valence-corrected chi connectivity index (χ3v) is 4.41. The number of anilines is 1. The number of methoxy groups -OCH3 is 2. The number of hydrogen-bond donors (Lipinski definition) is 0. The van der Waals surface area contributed by atoms with Gasteiger partial charge in [-0.3, -0.25) is 4.79 Å². The Hall–Kier alpha value is -3.02. The lowest BCUT2D eigenvalue weighted by atomic mass is 10.1. The van der Waals surface area contributed by atoms with Crippen molar-refractivity contribution in [2.45, 2.75) is 0 Å². The molecule has 1 aliphatic rings. The van der Waals surface area contributed by atoms with Gasteiger partial charge in [0, 0.05) is 50.1 Å². The molecule has 1 aliphatic heterocycles. The second kappa shape index (κ2) is 8.38. The molecule has 2 heterocycles. The van der Waals surface area contributed by atoms with Crippen LogP contribution in [0.5, 0.6) is 11.5 Å². The van der Waals surface area contributed by atoms with Crippen LogP contribution in [-0.2, 0) is 4.79 Å². The number of carbonyl (C=O) groups excluding carboxylic acids is 1. The Balaban J connectivity index is 1.60. The SMILES string of the molecule is COc1ccc(/C=C/C(=O)N2CCN(c3ccccn3)CC2)c(OC)c1. The predicted molar refractivity (Wildman–Crippen MR) is 102 cm³/mol. The maximum atomic E-state index is 12.5. The van der Waals surface area contributed by atoms with Gasteiger partial charge in [-0.05, 0) is 30.3 Å². The van der Waals surface area contributed by atoms with Crippen LogP contribution in [0.1, 0.15) is 5.56 Å². The molecule has 0 unspecified atom stereocenters. The predicted octanol–water partition coefficient (Wildman–Crippen LogP) is 2.46. The molecule has 0 N–H and O–H groups in total. The zero-order valence-electron chi connectivity index (χ0n) is 15.1. The second-order valence-corrected chi connectivity index (χ2v) is 5.94. The highest BCUT2D eigenvalue weighted by Gasteiger charge is 2.20. The molecular weight excluding hydrogens is 330 g/mol. The number of amides is 1. The number of pyridine rings is 1. The van der Waals surface area contributed by atoms with Crippen molar-refractivity contribution in [3.63, 3.8) is 0 Å². The number of ether oxygens (including phenoxy) is 2. The molecule has 1 aromatic heterocycles. The molecule has 0 atom stereocenters. The molecule has 6 heteroatoms. The number of benzene rings is 1. The van der Waals surface area contributed by atoms with Crippen LogP contribution in [0, 0.1) is 0 Å². The Morgan fingerprint density at radius 1 is 1.08 bits per heavy atom. The molecule has 0 radical (unpaired) electrons. The van der Waals surface area contributed by atoms with Crippen molar-refractivity contribution in [2.24, 2.45) is 0 Å². The van der Waals surface area contributed by atoms with E-state index >= 15 is 0 Å². The zero-order valence-corrected chi connectivity index (χ0v) is 15.1. The third kappa shape index (κ3) is 4.14. The summed E-state index contributed by atoms with van der Waals surface area (Å²) in [6.45, 7) is 2.92. The van der Waals surface area contributed by atoms with E-state index in [2.05, 4.69) is 9.88 Å². The Bertz CT molecular complexity index is 769. The quantitative estimate of drug-likeness (QED) is 0.773. The molecule has 1 amide bonds. The highest BCUT2D eigenvalue weighted by atomic mass is 16.5. The topological polar surface area (TPSA) is 54.9 Å². The van der Waals surface area contributed by atoms with Gasteiger partial charge in [0.1, 0.15) is 17.3 Å². The Labute approximate surface area is 153 Å². The average molecular weight is 353 g/mol. The second-order valence-electron chi connectivity index (χ2n) is 5.94. The van der Waals surface area contributed by atoms with Gasteiger partial charge in [0.25, 0.3) is 0 Å². The van der Waals surface area contributed by atoms with E-state index in [4.69, 9.17) is 9.47 Å². The highest BCUT2D eigenvalue weighted by Crippen LogP contribution is 2.25. The molecule has 2 aromatic rings. The molecule has 0 spiro atoms. The largest absolute Gasteiger partial charge is 0.497 e. The molecule has 0 aliphatic carbocycles. The van der Waals surface area contributed by atoms with Gasteiger partial charge in [-0.1, -0.05) is 6.07 Å². The first-order valence-electron chi connectivity index (χ1n) is 8.56. The zero-order chi connectivity index (χ0) is 18.4. The van der Waals surface area contributed by atoms with E-state index in [9.17, 15) is 4.79 Å². The fourth-order valence-corrected chi connectivity index (χ4v) is 2.92. The summed E-state index contributed by atoms with van der Waals surface area (Å²) in [6, 6.07) is 11.4. The summed E-state index contributed by atoms with van der Waals surface area (Å²) in [6.07, 6.45) is 5.17. The van der Waals surface area contributed by atoms with Crippen LogP contribution in [0.4, 0.5) is 5.82 Å². The van der Waals surface area contributed by atoms with Crippen LogP contribution in [0.15, 0.2) is 48.7 Å². The minimum atomic E-state index is 0.00328. The third-order valence-electron chi connectivity index (χ3n) is 4.41. The normalized spacial score (nSPS) is 14.5. The van der Waals surface area contributed by atoms with Gasteiger partial charge < -0.3 is 19.3 Å². The highest BCUT2D eigenvalue weighted by molar-refractivity contribution is 5.92. The van der Waals surface area contributed by atoms with Gasteiger partial charge in [-0.2, -0.15) is 0 Å². The van der Waals surface area contributed by atoms with Crippen molar-refractivity contribution in [3.05, 3.63) is 54.2 Å². The van der Waals surface area contributed by atoms with Crippen LogP contribution in [-0.4, -0.2) is 56.2 Å². The van der Waals surface area contributed by atoms with E-state index in [0.717, 1.165) is 30.2 Å². The fraction of sp³-hybridized carbons (Fsp3) is 0.300. The molecule has 136 valence electrons. The maximum absolute atomic E-state index is 12.5. The Morgan fingerprint density at radius 3 is 2.54 bits per heavy atom. The molecule has 1 fully saturated rings. The molecule has 1 aromatic carbocycles. The number of rotatable bonds is 5. The molecule has 6 nitrogen and oxygen atoms in total. The number of nitrogens with zero attached hydrogens (tertiary/aromatic N) is 3. The van der Waals surface area contributed by atoms with Gasteiger partial charge in [0.2, 0.25) is 5.91 Å². The van der Waals surface area contributed by atoms with E-state index in [1.165, 1.54) is 0 Å². The molecule has 1 saturated heterocycles. The maximum Gasteiger partial charge on any atom is 0.246 e. The smallest absolute Gasteiger partial charge is 0.246 e. The molecule has 0 saturated carbocycles. The van der Waals surface area contributed by atoms with E-state index in [1.54, 1.807) is 38.6 Å². The first-order chi connectivity index (χ1) is 12.7. The summed E-state index contributed by atoms with van der Waals surface area (Å²) in [5, 5.41) is 0. The summed E-state index contributed by atoms with van der Waals surface area (Å²) in [4.78, 5) is 20.9. The first kappa shape index (κ1) is 17.8. The molecule has 26 heavy (non-hydrogen) atoms. The summed E-state index contributed by atoms with van der Waals surface area (Å²) >= 11 is 0. The van der Waals surface area contributed by atoms with Crippen LogP contribution in [0.3, 0.4) is 0 Å². The van der Waals surface area contributed by atoms with Crippen molar-refractivity contribution in [3.8, 4) is 11.5 Å². The standard InChI is InChI=1S/C20H23N3O3/c1-25-17-8-6-16(18(15-17)26-2)7-9-20(24)23-13-11-22(12-14-23)19-5-3-4-10-21-19/h3-10,15H,11-14H2,1-2H3/b9-7+. The lowest BCUT2D eigenvalue weighted by molar-refractivity contribution is -0.126. The van der Waals surface area contributed by atoms with Crippen LogP contribution in [0.25, 0.3) is 6.08 Å². The number of carbonyl (C=O) groups is 1. The van der Waals surface area contributed by atoms with Crippen molar-refractivity contribution >= 4 is 17.8 Å². The average Bonchev–Trinajstić information content (AvgIpc) is 2.72. The van der Waals surface area contributed by atoms with Gasteiger partial charge in [-0.25, -0.2) is 4.98 Å². The summed E-state index contributed by atoms with van der Waals surface area (Å²) in [5.74, 6) is 2.35. The van der Waals surface area contributed by atoms with Crippen molar-refractivity contribution in [2.75, 3.05) is 45.3 Å². The minimum absolute atomic E-state index is 0.00328. The van der Waals surface area contributed by atoms with Gasteiger partial charge in [0.15, 0.2) is 0 Å². The van der Waals surface area contributed by atoms with Crippen LogP contribution < -0.4 is 14.4 Å². The van der Waals surface area contributed by atoms with E-state index in [1.807, 2.05) is 35.2 Å².